The van der Waals surface area contributed by atoms with Gasteiger partial charge in [0.15, 0.2) is 15.7 Å². The van der Waals surface area contributed by atoms with E-state index in [0.717, 1.165) is 0 Å². The Morgan fingerprint density at radius 1 is 1.63 bits per heavy atom. The molecular formula is C11H17N5O2S. The minimum atomic E-state index is -3.06. The molecule has 0 spiro atoms. The highest BCUT2D eigenvalue weighted by atomic mass is 32.2. The molecule has 0 radical (unpaired) electrons. The van der Waals surface area contributed by atoms with Gasteiger partial charge >= 0.3 is 0 Å². The summed E-state index contributed by atoms with van der Waals surface area (Å²) in [5, 5.41) is 16.4. The van der Waals surface area contributed by atoms with Crippen molar-refractivity contribution in [2.45, 2.75) is 25.8 Å². The third-order valence-corrected chi connectivity index (χ3v) is 5.26. The van der Waals surface area contributed by atoms with Crippen molar-refractivity contribution in [3.8, 4) is 6.07 Å². The minimum Gasteiger partial charge on any atom is -0.383 e. The van der Waals surface area contributed by atoms with Gasteiger partial charge in [-0.3, -0.25) is 0 Å². The van der Waals surface area contributed by atoms with Gasteiger partial charge in [-0.05, 0) is 20.3 Å². The summed E-state index contributed by atoms with van der Waals surface area (Å²) in [7, 11) is -3.06. The van der Waals surface area contributed by atoms with Crippen molar-refractivity contribution in [3.63, 3.8) is 0 Å². The Morgan fingerprint density at radius 3 is 2.79 bits per heavy atom. The van der Waals surface area contributed by atoms with Crippen LogP contribution in [-0.4, -0.2) is 36.2 Å². The number of hydrogen-bond donors (Lipinski definition) is 2. The zero-order valence-corrected chi connectivity index (χ0v) is 11.8. The second kappa shape index (κ2) is 4.42. The van der Waals surface area contributed by atoms with E-state index in [1.54, 1.807) is 6.92 Å². The summed E-state index contributed by atoms with van der Waals surface area (Å²) in [5.41, 5.74) is 5.53. The molecule has 8 heteroatoms. The van der Waals surface area contributed by atoms with Gasteiger partial charge in [-0.15, -0.1) is 0 Å². The lowest BCUT2D eigenvalue weighted by Gasteiger charge is -2.23. The van der Waals surface area contributed by atoms with Crippen LogP contribution in [0.2, 0.25) is 0 Å². The van der Waals surface area contributed by atoms with E-state index in [1.807, 2.05) is 13.0 Å². The standard InChI is InChI=1S/C11H17N5O2S/c1-3-14-10-8(6-12)9(13)16(15-10)11(2)4-5-19(17,18)7-11/h3-5,7,13H2,1-2H3,(H,14,15). The van der Waals surface area contributed by atoms with Crippen LogP contribution < -0.4 is 11.1 Å². The molecule has 1 fully saturated rings. The predicted molar refractivity (Wildman–Crippen MR) is 72.4 cm³/mol. The molecule has 0 amide bonds. The molecule has 0 bridgehead atoms. The summed E-state index contributed by atoms with van der Waals surface area (Å²) >= 11 is 0. The van der Waals surface area contributed by atoms with E-state index in [4.69, 9.17) is 11.0 Å². The predicted octanol–water partition coefficient (Wildman–Crippen LogP) is 0.302. The largest absolute Gasteiger partial charge is 0.383 e. The Kier molecular flexibility index (Phi) is 3.18. The maximum atomic E-state index is 11.7. The van der Waals surface area contributed by atoms with Crippen LogP contribution in [0.3, 0.4) is 0 Å². The van der Waals surface area contributed by atoms with Crippen molar-refractivity contribution < 1.29 is 8.42 Å². The van der Waals surface area contributed by atoms with Crippen molar-refractivity contribution in [1.29, 1.82) is 5.26 Å². The Bertz CT molecular complexity index is 643. The van der Waals surface area contributed by atoms with Gasteiger partial charge in [0, 0.05) is 6.54 Å². The molecule has 0 saturated carbocycles. The molecular weight excluding hydrogens is 266 g/mol. The van der Waals surface area contributed by atoms with Gasteiger partial charge in [0.25, 0.3) is 0 Å². The SMILES string of the molecule is CCNc1nn(C2(C)CCS(=O)(=O)C2)c(N)c1C#N. The van der Waals surface area contributed by atoms with Crippen molar-refractivity contribution in [3.05, 3.63) is 5.56 Å². The number of nitrogens with one attached hydrogen (secondary N) is 1. The maximum absolute atomic E-state index is 11.7. The summed E-state index contributed by atoms with van der Waals surface area (Å²) in [5.74, 6) is 0.759. The molecule has 1 aliphatic rings. The highest BCUT2D eigenvalue weighted by molar-refractivity contribution is 7.91. The first-order valence-corrected chi connectivity index (χ1v) is 7.88. The average molecular weight is 283 g/mol. The molecule has 0 aromatic carbocycles. The van der Waals surface area contributed by atoms with Crippen LogP contribution in [0.25, 0.3) is 0 Å². The Labute approximate surface area is 112 Å². The smallest absolute Gasteiger partial charge is 0.168 e. The molecule has 19 heavy (non-hydrogen) atoms. The third kappa shape index (κ3) is 2.26. The van der Waals surface area contributed by atoms with Crippen molar-refractivity contribution in [2.24, 2.45) is 0 Å². The Balaban J connectivity index is 2.50. The van der Waals surface area contributed by atoms with Crippen LogP contribution in [0.5, 0.6) is 0 Å². The number of aromatic nitrogens is 2. The minimum absolute atomic E-state index is 0.00230. The van der Waals surface area contributed by atoms with Crippen LogP contribution in [0.15, 0.2) is 0 Å². The fourth-order valence-corrected chi connectivity index (χ4v) is 4.51. The van der Waals surface area contributed by atoms with E-state index in [0.29, 0.717) is 18.8 Å². The van der Waals surface area contributed by atoms with E-state index >= 15 is 0 Å². The fraction of sp³-hybridized carbons (Fsp3) is 0.636. The summed E-state index contributed by atoms with van der Waals surface area (Å²) in [6, 6.07) is 2.01. The molecule has 1 atom stereocenters. The molecule has 1 unspecified atom stereocenters. The monoisotopic (exact) mass is 283 g/mol. The van der Waals surface area contributed by atoms with Crippen LogP contribution in [0.1, 0.15) is 25.8 Å². The van der Waals surface area contributed by atoms with E-state index < -0.39 is 15.4 Å². The summed E-state index contributed by atoms with van der Waals surface area (Å²) in [6.45, 7) is 4.30. The second-order valence-corrected chi connectivity index (χ2v) is 7.19. The van der Waals surface area contributed by atoms with Gasteiger partial charge in [-0.1, -0.05) is 0 Å². The average Bonchev–Trinajstić information content (AvgIpc) is 2.78. The number of anilines is 2. The van der Waals surface area contributed by atoms with Gasteiger partial charge < -0.3 is 11.1 Å². The normalized spacial score (nSPS) is 25.1. The molecule has 2 heterocycles. The molecule has 1 aromatic rings. The third-order valence-electron chi connectivity index (χ3n) is 3.37. The number of rotatable bonds is 3. The van der Waals surface area contributed by atoms with Gasteiger partial charge in [-0.2, -0.15) is 10.4 Å². The van der Waals surface area contributed by atoms with Crippen LogP contribution in [0, 0.1) is 11.3 Å². The lowest BCUT2D eigenvalue weighted by atomic mass is 10.0. The van der Waals surface area contributed by atoms with E-state index in [2.05, 4.69) is 10.4 Å². The summed E-state index contributed by atoms with van der Waals surface area (Å²) < 4.78 is 24.8. The van der Waals surface area contributed by atoms with Crippen LogP contribution in [0.4, 0.5) is 11.6 Å². The molecule has 104 valence electrons. The second-order valence-electron chi connectivity index (χ2n) is 5.00. The summed E-state index contributed by atoms with van der Waals surface area (Å²) in [6.07, 6.45) is 0.456. The van der Waals surface area contributed by atoms with Gasteiger partial charge in [0.2, 0.25) is 0 Å². The van der Waals surface area contributed by atoms with Gasteiger partial charge in [0.1, 0.15) is 17.5 Å². The lowest BCUT2D eigenvalue weighted by molar-refractivity contribution is 0.335. The van der Waals surface area contributed by atoms with Crippen molar-refractivity contribution >= 4 is 21.5 Å². The zero-order chi connectivity index (χ0) is 14.3. The molecule has 7 nitrogen and oxygen atoms in total. The Morgan fingerprint density at radius 2 is 2.32 bits per heavy atom. The number of nitrogens with zero attached hydrogens (tertiary/aromatic N) is 3. The maximum Gasteiger partial charge on any atom is 0.168 e. The highest BCUT2D eigenvalue weighted by Crippen LogP contribution is 2.35. The molecule has 1 saturated heterocycles. The highest BCUT2D eigenvalue weighted by Gasteiger charge is 2.42. The van der Waals surface area contributed by atoms with Crippen molar-refractivity contribution in [1.82, 2.24) is 9.78 Å². The molecule has 1 aliphatic heterocycles. The topological polar surface area (TPSA) is 114 Å². The Hall–Kier alpha value is -1.75. The first-order chi connectivity index (χ1) is 8.83. The molecule has 1 aromatic heterocycles. The zero-order valence-electron chi connectivity index (χ0n) is 11.0. The molecule has 0 aliphatic carbocycles. The van der Waals surface area contributed by atoms with E-state index in [9.17, 15) is 8.42 Å². The lowest BCUT2D eigenvalue weighted by Crippen LogP contribution is -2.33. The number of nitriles is 1. The number of sulfone groups is 1. The van der Waals surface area contributed by atoms with E-state index in [1.165, 1.54) is 4.68 Å². The van der Waals surface area contributed by atoms with Crippen molar-refractivity contribution in [2.75, 3.05) is 29.1 Å². The van der Waals surface area contributed by atoms with Crippen LogP contribution >= 0.6 is 0 Å². The van der Waals surface area contributed by atoms with E-state index in [-0.39, 0.29) is 22.9 Å². The van der Waals surface area contributed by atoms with Gasteiger partial charge in [-0.25, -0.2) is 13.1 Å². The van der Waals surface area contributed by atoms with Crippen LogP contribution in [-0.2, 0) is 15.4 Å². The first-order valence-electron chi connectivity index (χ1n) is 6.06. The summed E-state index contributed by atoms with van der Waals surface area (Å²) in [4.78, 5) is 0. The quantitative estimate of drug-likeness (QED) is 0.824. The number of hydrogen-bond acceptors (Lipinski definition) is 6. The molecule has 2 rings (SSSR count). The number of nitrogens with two attached hydrogens (primary N) is 1. The van der Waals surface area contributed by atoms with Gasteiger partial charge in [0.05, 0.1) is 17.0 Å². The fourth-order valence-electron chi connectivity index (χ4n) is 2.40. The molecule has 3 N–H and O–H groups in total. The number of nitrogen functional groups attached to an aromatic ring is 1. The first kappa shape index (κ1) is 13.7.